The van der Waals surface area contributed by atoms with E-state index in [9.17, 15) is 4.79 Å². The largest absolute Gasteiger partial charge is 0.347 e. The molecule has 0 fully saturated rings. The average molecular weight is 223 g/mol. The highest BCUT2D eigenvalue weighted by atomic mass is 16.2. The molecule has 0 saturated carbocycles. The molecule has 0 aromatic carbocycles. The van der Waals surface area contributed by atoms with Gasteiger partial charge in [-0.1, -0.05) is 6.92 Å². The van der Waals surface area contributed by atoms with Crippen LogP contribution in [0.25, 0.3) is 0 Å². The lowest BCUT2D eigenvalue weighted by molar-refractivity contribution is -0.131. The number of hydrogen-bond acceptors (Lipinski definition) is 4. The third-order valence-electron chi connectivity index (χ3n) is 2.83. The van der Waals surface area contributed by atoms with Gasteiger partial charge in [0.2, 0.25) is 5.91 Å². The molecule has 0 aliphatic carbocycles. The number of nitrogens with zero attached hydrogens (tertiary/aromatic N) is 4. The van der Waals surface area contributed by atoms with Crippen LogP contribution in [0.4, 0.5) is 0 Å². The second-order valence-electron chi connectivity index (χ2n) is 4.16. The van der Waals surface area contributed by atoms with Crippen molar-refractivity contribution < 1.29 is 4.79 Å². The molecule has 6 heteroatoms. The first-order valence-corrected chi connectivity index (χ1v) is 5.49. The van der Waals surface area contributed by atoms with Gasteiger partial charge in [0.05, 0.1) is 6.54 Å². The number of rotatable bonds is 2. The summed E-state index contributed by atoms with van der Waals surface area (Å²) in [4.78, 5) is 13.4. The topological polar surface area (TPSA) is 63.1 Å². The average Bonchev–Trinajstić information content (AvgIpc) is 2.69. The lowest BCUT2D eigenvalue weighted by Crippen LogP contribution is -2.49. The first-order valence-electron chi connectivity index (χ1n) is 5.49. The molecular formula is C10H17N5O. The van der Waals surface area contributed by atoms with Crippen molar-refractivity contribution in [2.45, 2.75) is 32.5 Å². The lowest BCUT2D eigenvalue weighted by Gasteiger charge is -2.26. The van der Waals surface area contributed by atoms with Gasteiger partial charge in [-0.15, -0.1) is 10.2 Å². The summed E-state index contributed by atoms with van der Waals surface area (Å²) >= 11 is 0. The maximum absolute atomic E-state index is 11.8. The summed E-state index contributed by atoms with van der Waals surface area (Å²) in [5.41, 5.74) is 0. The maximum atomic E-state index is 11.8. The second-order valence-corrected chi connectivity index (χ2v) is 4.16. The Labute approximate surface area is 94.6 Å². The van der Waals surface area contributed by atoms with Crippen molar-refractivity contribution in [1.29, 1.82) is 0 Å². The Bertz CT molecular complexity index is 384. The van der Waals surface area contributed by atoms with Crippen molar-refractivity contribution in [1.82, 2.24) is 25.0 Å². The quantitative estimate of drug-likeness (QED) is 0.727. The standard InChI is InChI=1S/C10H17N5O/c1-4-8-12-13-9-5-11-7(6-15(8)9)10(16)14(2)3/h7,11H,4-6H2,1-3H3. The summed E-state index contributed by atoms with van der Waals surface area (Å²) in [7, 11) is 3.54. The van der Waals surface area contributed by atoms with Crippen LogP contribution in [0.3, 0.4) is 0 Å². The van der Waals surface area contributed by atoms with Gasteiger partial charge in [-0.3, -0.25) is 10.1 Å². The SMILES string of the molecule is CCc1nnc2n1CC(C(=O)N(C)C)NC2. The lowest BCUT2D eigenvalue weighted by atomic mass is 10.2. The monoisotopic (exact) mass is 223 g/mol. The molecule has 2 heterocycles. The van der Waals surface area contributed by atoms with Crippen LogP contribution in [-0.4, -0.2) is 45.7 Å². The first-order chi connectivity index (χ1) is 7.63. The van der Waals surface area contributed by atoms with Crippen molar-refractivity contribution in [3.8, 4) is 0 Å². The molecule has 6 nitrogen and oxygen atoms in total. The number of aryl methyl sites for hydroxylation is 1. The molecule has 1 unspecified atom stereocenters. The highest BCUT2D eigenvalue weighted by Crippen LogP contribution is 2.11. The molecular weight excluding hydrogens is 206 g/mol. The van der Waals surface area contributed by atoms with Gasteiger partial charge >= 0.3 is 0 Å². The smallest absolute Gasteiger partial charge is 0.241 e. The van der Waals surface area contributed by atoms with Crippen molar-refractivity contribution in [2.24, 2.45) is 0 Å². The minimum atomic E-state index is -0.163. The maximum Gasteiger partial charge on any atom is 0.241 e. The van der Waals surface area contributed by atoms with Gasteiger partial charge in [0.15, 0.2) is 0 Å². The summed E-state index contributed by atoms with van der Waals surface area (Å²) in [5.74, 6) is 1.97. The molecule has 1 amide bonds. The van der Waals surface area contributed by atoms with E-state index in [2.05, 4.69) is 15.5 Å². The number of hydrogen-bond donors (Lipinski definition) is 1. The zero-order valence-corrected chi connectivity index (χ0v) is 9.90. The molecule has 1 aliphatic rings. The normalized spacial score (nSPS) is 19.3. The number of fused-ring (bicyclic) bond motifs is 1. The molecule has 0 bridgehead atoms. The minimum Gasteiger partial charge on any atom is -0.347 e. The van der Waals surface area contributed by atoms with Gasteiger partial charge in [0, 0.05) is 27.1 Å². The Morgan fingerprint density at radius 1 is 1.56 bits per heavy atom. The third-order valence-corrected chi connectivity index (χ3v) is 2.83. The predicted octanol–water partition coefficient (Wildman–Crippen LogP) is -0.599. The van der Waals surface area contributed by atoms with Crippen LogP contribution in [0, 0.1) is 0 Å². The summed E-state index contributed by atoms with van der Waals surface area (Å²) < 4.78 is 2.04. The molecule has 1 aliphatic heterocycles. The van der Waals surface area contributed by atoms with Gasteiger partial charge in [-0.25, -0.2) is 0 Å². The Morgan fingerprint density at radius 2 is 2.31 bits per heavy atom. The first kappa shape index (κ1) is 11.1. The predicted molar refractivity (Wildman–Crippen MR) is 58.7 cm³/mol. The fourth-order valence-corrected chi connectivity index (χ4v) is 1.91. The van der Waals surface area contributed by atoms with E-state index in [1.165, 1.54) is 0 Å². The van der Waals surface area contributed by atoms with Crippen LogP contribution in [0.1, 0.15) is 18.6 Å². The number of carbonyl (C=O) groups is 1. The molecule has 1 aromatic rings. The molecule has 16 heavy (non-hydrogen) atoms. The van der Waals surface area contributed by atoms with E-state index in [1.54, 1.807) is 19.0 Å². The van der Waals surface area contributed by atoms with E-state index in [1.807, 2.05) is 11.5 Å². The Hall–Kier alpha value is -1.43. The fraction of sp³-hybridized carbons (Fsp3) is 0.700. The molecule has 2 rings (SSSR count). The highest BCUT2D eigenvalue weighted by Gasteiger charge is 2.27. The Kier molecular flexibility index (Phi) is 2.91. The van der Waals surface area contributed by atoms with Crippen molar-refractivity contribution in [3.05, 3.63) is 11.6 Å². The van der Waals surface area contributed by atoms with E-state index in [0.717, 1.165) is 18.1 Å². The van der Waals surface area contributed by atoms with Crippen LogP contribution in [0.2, 0.25) is 0 Å². The summed E-state index contributed by atoms with van der Waals surface area (Å²) in [5, 5.41) is 11.4. The minimum absolute atomic E-state index is 0.0985. The fourth-order valence-electron chi connectivity index (χ4n) is 1.91. The Balaban J connectivity index is 2.19. The Morgan fingerprint density at radius 3 is 2.94 bits per heavy atom. The van der Waals surface area contributed by atoms with Crippen LogP contribution in [0.5, 0.6) is 0 Å². The molecule has 0 spiro atoms. The van der Waals surface area contributed by atoms with Crippen LogP contribution < -0.4 is 5.32 Å². The molecule has 0 radical (unpaired) electrons. The van der Waals surface area contributed by atoms with Crippen LogP contribution in [0.15, 0.2) is 0 Å². The van der Waals surface area contributed by atoms with E-state index in [4.69, 9.17) is 0 Å². The molecule has 1 atom stereocenters. The molecule has 0 saturated heterocycles. The van der Waals surface area contributed by atoms with E-state index < -0.39 is 0 Å². The van der Waals surface area contributed by atoms with Crippen LogP contribution >= 0.6 is 0 Å². The van der Waals surface area contributed by atoms with Gasteiger partial charge in [-0.05, 0) is 0 Å². The molecule has 1 aromatic heterocycles. The number of aromatic nitrogens is 3. The molecule has 88 valence electrons. The summed E-state index contributed by atoms with van der Waals surface area (Å²) in [6, 6.07) is -0.163. The van der Waals surface area contributed by atoms with E-state index in [0.29, 0.717) is 13.1 Å². The second kappa shape index (κ2) is 4.21. The number of amides is 1. The van der Waals surface area contributed by atoms with Crippen molar-refractivity contribution in [3.63, 3.8) is 0 Å². The van der Waals surface area contributed by atoms with E-state index in [-0.39, 0.29) is 11.9 Å². The van der Waals surface area contributed by atoms with Crippen molar-refractivity contribution >= 4 is 5.91 Å². The van der Waals surface area contributed by atoms with Crippen LogP contribution in [-0.2, 0) is 24.3 Å². The third kappa shape index (κ3) is 1.80. The summed E-state index contributed by atoms with van der Waals surface area (Å²) in [6.45, 7) is 3.28. The zero-order chi connectivity index (χ0) is 11.7. The number of nitrogens with one attached hydrogen (secondary N) is 1. The zero-order valence-electron chi connectivity index (χ0n) is 9.90. The van der Waals surface area contributed by atoms with Gasteiger partial charge in [-0.2, -0.15) is 0 Å². The molecule has 1 N–H and O–H groups in total. The number of likely N-dealkylation sites (N-methyl/N-ethyl adjacent to an activating group) is 1. The van der Waals surface area contributed by atoms with E-state index >= 15 is 0 Å². The summed E-state index contributed by atoms with van der Waals surface area (Å²) in [6.07, 6.45) is 0.843. The van der Waals surface area contributed by atoms with Gasteiger partial charge in [0.1, 0.15) is 17.7 Å². The van der Waals surface area contributed by atoms with Gasteiger partial charge < -0.3 is 9.47 Å². The number of carbonyl (C=O) groups excluding carboxylic acids is 1. The van der Waals surface area contributed by atoms with Gasteiger partial charge in [0.25, 0.3) is 0 Å². The van der Waals surface area contributed by atoms with Crippen molar-refractivity contribution in [2.75, 3.05) is 14.1 Å². The highest BCUT2D eigenvalue weighted by molar-refractivity contribution is 5.81.